The summed E-state index contributed by atoms with van der Waals surface area (Å²) in [5.74, 6) is 0.607. The quantitative estimate of drug-likeness (QED) is 0.563. The van der Waals surface area contributed by atoms with E-state index in [1.165, 1.54) is 0 Å². The average Bonchev–Trinajstić information content (AvgIpc) is 2.68. The average molecular weight is 405 g/mol. The van der Waals surface area contributed by atoms with E-state index in [-0.39, 0.29) is 12.1 Å². The van der Waals surface area contributed by atoms with Crippen LogP contribution >= 0.6 is 23.2 Å². The minimum atomic E-state index is -0.157. The number of aromatic nitrogens is 1. The van der Waals surface area contributed by atoms with Crippen molar-refractivity contribution >= 4 is 34.0 Å². The van der Waals surface area contributed by atoms with E-state index in [0.717, 1.165) is 18.4 Å². The third kappa shape index (κ3) is 4.13. The molecular formula is C21H22Cl2N2O2. The second kappa shape index (κ2) is 8.79. The number of ether oxygens (including phenoxy) is 1. The fourth-order valence-corrected chi connectivity index (χ4v) is 3.40. The molecule has 2 aromatic carbocycles. The van der Waals surface area contributed by atoms with Crippen LogP contribution in [0.3, 0.4) is 0 Å². The molecule has 0 aliphatic rings. The normalized spacial score (nSPS) is 11.1. The minimum Gasteiger partial charge on any atom is -0.491 e. The Morgan fingerprint density at radius 3 is 2.37 bits per heavy atom. The third-order valence-corrected chi connectivity index (χ3v) is 5.21. The molecule has 0 saturated heterocycles. The molecule has 0 bridgehead atoms. The summed E-state index contributed by atoms with van der Waals surface area (Å²) in [6, 6.07) is 13.1. The fraction of sp³-hybridized carbons (Fsp3) is 0.286. The predicted molar refractivity (Wildman–Crippen MR) is 112 cm³/mol. The highest BCUT2D eigenvalue weighted by Gasteiger charge is 2.19. The van der Waals surface area contributed by atoms with E-state index < -0.39 is 0 Å². The largest absolute Gasteiger partial charge is 0.491 e. The lowest BCUT2D eigenvalue weighted by Gasteiger charge is -2.20. The maximum absolute atomic E-state index is 13.2. The van der Waals surface area contributed by atoms with E-state index in [0.29, 0.717) is 45.4 Å². The smallest absolute Gasteiger partial charge is 0.259 e. The molecule has 0 spiro atoms. The summed E-state index contributed by atoms with van der Waals surface area (Å²) in [6.45, 7) is 3.23. The van der Waals surface area contributed by atoms with Gasteiger partial charge in [0.1, 0.15) is 5.75 Å². The SMILES string of the molecule is CCCCOc1c(CN)n(Cc2ccccc2)c(=O)c2cc(Cl)c(Cl)cc12. The first-order chi connectivity index (χ1) is 13.1. The number of nitrogens with two attached hydrogens (primary N) is 1. The Morgan fingerprint density at radius 2 is 1.74 bits per heavy atom. The zero-order chi connectivity index (χ0) is 19.4. The van der Waals surface area contributed by atoms with Crippen LogP contribution in [0.4, 0.5) is 0 Å². The molecule has 3 rings (SSSR count). The van der Waals surface area contributed by atoms with Crippen molar-refractivity contribution < 1.29 is 4.74 Å². The van der Waals surface area contributed by atoms with Crippen LogP contribution in [0.2, 0.25) is 10.0 Å². The Balaban J connectivity index is 2.25. The lowest BCUT2D eigenvalue weighted by molar-refractivity contribution is 0.306. The van der Waals surface area contributed by atoms with E-state index >= 15 is 0 Å². The van der Waals surface area contributed by atoms with Crippen molar-refractivity contribution in [2.45, 2.75) is 32.9 Å². The standard InChI is InChI=1S/C21H22Cl2N2O2/c1-2-3-9-27-20-15-10-17(22)18(23)11-16(15)21(26)25(19(20)12-24)13-14-7-5-4-6-8-14/h4-8,10-11H,2-3,9,12-13,24H2,1H3. The summed E-state index contributed by atoms with van der Waals surface area (Å²) < 4.78 is 7.74. The molecule has 0 amide bonds. The monoisotopic (exact) mass is 404 g/mol. The van der Waals surface area contributed by atoms with Crippen LogP contribution in [-0.2, 0) is 13.1 Å². The molecule has 6 heteroatoms. The maximum Gasteiger partial charge on any atom is 0.259 e. The molecule has 0 aliphatic carbocycles. The number of halogens is 2. The fourth-order valence-electron chi connectivity index (χ4n) is 3.07. The van der Waals surface area contributed by atoms with Crippen LogP contribution in [-0.4, -0.2) is 11.2 Å². The number of hydrogen-bond acceptors (Lipinski definition) is 3. The molecule has 0 atom stereocenters. The van der Waals surface area contributed by atoms with Gasteiger partial charge in [-0.2, -0.15) is 0 Å². The molecule has 0 saturated carbocycles. The van der Waals surface area contributed by atoms with Crippen molar-refractivity contribution in [2.24, 2.45) is 5.73 Å². The molecule has 3 aromatic rings. The molecule has 0 fully saturated rings. The van der Waals surface area contributed by atoms with Gasteiger partial charge in [0, 0.05) is 11.9 Å². The summed E-state index contributed by atoms with van der Waals surface area (Å²) in [6.07, 6.45) is 1.91. The summed E-state index contributed by atoms with van der Waals surface area (Å²) in [4.78, 5) is 13.2. The maximum atomic E-state index is 13.2. The lowest BCUT2D eigenvalue weighted by Crippen LogP contribution is -2.27. The van der Waals surface area contributed by atoms with E-state index in [4.69, 9.17) is 33.7 Å². The first kappa shape index (κ1) is 19.7. The van der Waals surface area contributed by atoms with E-state index in [1.807, 2.05) is 30.3 Å². The second-order valence-electron chi connectivity index (χ2n) is 6.37. The molecular weight excluding hydrogens is 383 g/mol. The van der Waals surface area contributed by atoms with Gasteiger partial charge in [0.05, 0.1) is 34.3 Å². The van der Waals surface area contributed by atoms with E-state index in [2.05, 4.69) is 6.92 Å². The molecule has 0 unspecified atom stereocenters. The van der Waals surface area contributed by atoms with Gasteiger partial charge >= 0.3 is 0 Å². The second-order valence-corrected chi connectivity index (χ2v) is 7.19. The number of hydrogen-bond donors (Lipinski definition) is 1. The van der Waals surface area contributed by atoms with Crippen molar-refractivity contribution in [1.82, 2.24) is 4.57 Å². The topological polar surface area (TPSA) is 57.2 Å². The van der Waals surface area contributed by atoms with Gasteiger partial charge < -0.3 is 15.0 Å². The Morgan fingerprint density at radius 1 is 1.07 bits per heavy atom. The van der Waals surface area contributed by atoms with Crippen molar-refractivity contribution in [3.63, 3.8) is 0 Å². The zero-order valence-electron chi connectivity index (χ0n) is 15.2. The predicted octanol–water partition coefficient (Wildman–Crippen LogP) is 4.99. The van der Waals surface area contributed by atoms with Gasteiger partial charge in [-0.25, -0.2) is 0 Å². The number of benzene rings is 2. The van der Waals surface area contributed by atoms with Crippen LogP contribution in [0, 0.1) is 0 Å². The van der Waals surface area contributed by atoms with Gasteiger partial charge in [0.2, 0.25) is 0 Å². The van der Waals surface area contributed by atoms with Crippen molar-refractivity contribution in [2.75, 3.05) is 6.61 Å². The molecule has 27 heavy (non-hydrogen) atoms. The summed E-state index contributed by atoms with van der Waals surface area (Å²) in [5.41, 5.74) is 7.55. The number of rotatable bonds is 7. The Bertz CT molecular complexity index is 1000. The van der Waals surface area contributed by atoms with Crippen LogP contribution in [0.1, 0.15) is 31.0 Å². The molecule has 0 radical (unpaired) electrons. The summed E-state index contributed by atoms with van der Waals surface area (Å²) in [7, 11) is 0. The van der Waals surface area contributed by atoms with Crippen LogP contribution in [0.15, 0.2) is 47.3 Å². The third-order valence-electron chi connectivity index (χ3n) is 4.49. The highest BCUT2D eigenvalue weighted by atomic mass is 35.5. The van der Waals surface area contributed by atoms with Crippen LogP contribution in [0.5, 0.6) is 5.75 Å². The summed E-state index contributed by atoms with van der Waals surface area (Å²) >= 11 is 12.4. The lowest BCUT2D eigenvalue weighted by atomic mass is 10.1. The van der Waals surface area contributed by atoms with E-state index in [1.54, 1.807) is 16.7 Å². The van der Waals surface area contributed by atoms with Gasteiger partial charge in [0.15, 0.2) is 0 Å². The van der Waals surface area contributed by atoms with Crippen molar-refractivity contribution in [3.8, 4) is 5.75 Å². The van der Waals surface area contributed by atoms with Gasteiger partial charge in [0.25, 0.3) is 5.56 Å². The zero-order valence-corrected chi connectivity index (χ0v) is 16.7. The van der Waals surface area contributed by atoms with Gasteiger partial charge in [-0.15, -0.1) is 0 Å². The number of fused-ring (bicyclic) bond motifs is 1. The van der Waals surface area contributed by atoms with E-state index in [9.17, 15) is 4.79 Å². The number of unbranched alkanes of at least 4 members (excludes halogenated alkanes) is 1. The van der Waals surface area contributed by atoms with Crippen LogP contribution < -0.4 is 16.0 Å². The molecule has 4 nitrogen and oxygen atoms in total. The van der Waals surface area contributed by atoms with Crippen molar-refractivity contribution in [3.05, 3.63) is 74.1 Å². The minimum absolute atomic E-state index is 0.157. The van der Waals surface area contributed by atoms with Crippen LogP contribution in [0.25, 0.3) is 10.8 Å². The molecule has 1 aromatic heterocycles. The molecule has 1 heterocycles. The number of pyridine rings is 1. The Labute approximate surface area is 168 Å². The number of nitrogens with zero attached hydrogens (tertiary/aromatic N) is 1. The summed E-state index contributed by atoms with van der Waals surface area (Å²) in [5, 5.41) is 1.85. The molecule has 142 valence electrons. The molecule has 2 N–H and O–H groups in total. The first-order valence-electron chi connectivity index (χ1n) is 8.98. The van der Waals surface area contributed by atoms with Gasteiger partial charge in [-0.1, -0.05) is 66.9 Å². The highest BCUT2D eigenvalue weighted by molar-refractivity contribution is 6.42. The Kier molecular flexibility index (Phi) is 6.42. The molecule has 0 aliphatic heterocycles. The highest BCUT2D eigenvalue weighted by Crippen LogP contribution is 2.34. The first-order valence-corrected chi connectivity index (χ1v) is 9.73. The van der Waals surface area contributed by atoms with Crippen molar-refractivity contribution in [1.29, 1.82) is 0 Å². The van der Waals surface area contributed by atoms with Gasteiger partial charge in [-0.05, 0) is 24.1 Å². The van der Waals surface area contributed by atoms with Gasteiger partial charge in [-0.3, -0.25) is 4.79 Å². The Hall–Kier alpha value is -2.01.